The monoisotopic (exact) mass is 368 g/mol. The average molecular weight is 368 g/mol. The zero-order valence-electron chi connectivity index (χ0n) is 14.6. The van der Waals surface area contributed by atoms with Crippen molar-refractivity contribution in [3.05, 3.63) is 52.7 Å². The van der Waals surface area contributed by atoms with Crippen molar-refractivity contribution in [3.63, 3.8) is 0 Å². The lowest BCUT2D eigenvalue weighted by atomic mass is 10.0. The van der Waals surface area contributed by atoms with Gasteiger partial charge in [0.1, 0.15) is 6.10 Å². The smallest absolute Gasteiger partial charge is 0.416 e. The Morgan fingerprint density at radius 3 is 2.65 bits per heavy atom. The van der Waals surface area contributed by atoms with Crippen LogP contribution in [0.2, 0.25) is 0 Å². The number of amides is 1. The van der Waals surface area contributed by atoms with Crippen LogP contribution in [0.5, 0.6) is 0 Å². The van der Waals surface area contributed by atoms with E-state index < -0.39 is 17.8 Å². The van der Waals surface area contributed by atoms with Crippen molar-refractivity contribution in [2.45, 2.75) is 39.1 Å². The van der Waals surface area contributed by atoms with Crippen molar-refractivity contribution in [2.75, 3.05) is 13.2 Å². The van der Waals surface area contributed by atoms with Gasteiger partial charge in [-0.15, -0.1) is 0 Å². The van der Waals surface area contributed by atoms with Crippen molar-refractivity contribution in [1.29, 1.82) is 0 Å². The van der Waals surface area contributed by atoms with Gasteiger partial charge in [-0.1, -0.05) is 12.1 Å². The molecule has 0 N–H and O–H groups in total. The molecule has 5 nitrogen and oxygen atoms in total. The molecule has 8 heteroatoms. The van der Waals surface area contributed by atoms with E-state index >= 15 is 0 Å². The molecule has 0 radical (unpaired) electrons. The van der Waals surface area contributed by atoms with Crippen LogP contribution in [0.3, 0.4) is 0 Å². The van der Waals surface area contributed by atoms with E-state index in [1.165, 1.54) is 6.07 Å². The fourth-order valence-corrected chi connectivity index (χ4v) is 3.02. The highest BCUT2D eigenvalue weighted by Crippen LogP contribution is 2.33. The number of aromatic nitrogens is 1. The number of rotatable bonds is 2. The number of benzene rings is 1. The second-order valence-electron chi connectivity index (χ2n) is 6.40. The number of ether oxygens (including phenoxy) is 1. The molecule has 2 heterocycles. The van der Waals surface area contributed by atoms with Gasteiger partial charge in [-0.2, -0.15) is 13.2 Å². The largest absolute Gasteiger partial charge is 0.436 e. The van der Waals surface area contributed by atoms with Gasteiger partial charge in [-0.05, 0) is 31.5 Å². The van der Waals surface area contributed by atoms with Crippen LogP contribution >= 0.6 is 0 Å². The van der Waals surface area contributed by atoms with Gasteiger partial charge < -0.3 is 14.1 Å². The van der Waals surface area contributed by atoms with E-state index in [0.717, 1.165) is 12.1 Å². The average Bonchev–Trinajstić information content (AvgIpc) is 2.92. The number of nitrogens with zero attached hydrogens (tertiary/aromatic N) is 2. The maximum atomic E-state index is 12.9. The summed E-state index contributed by atoms with van der Waals surface area (Å²) < 4.78 is 49.9. The molecule has 1 fully saturated rings. The van der Waals surface area contributed by atoms with E-state index in [2.05, 4.69) is 4.98 Å². The number of carbonyl (C=O) groups is 1. The SMILES string of the molecule is Cc1nc(C)c(C(=O)N2CC(c3cccc(C(F)(F)F)c3)OCC2C)o1. The molecule has 140 valence electrons. The molecule has 1 aliphatic rings. The molecule has 2 aromatic rings. The Hall–Kier alpha value is -2.35. The third-order valence-electron chi connectivity index (χ3n) is 4.38. The lowest BCUT2D eigenvalue weighted by Crippen LogP contribution is -2.48. The van der Waals surface area contributed by atoms with Crippen molar-refractivity contribution in [2.24, 2.45) is 0 Å². The number of hydrogen-bond donors (Lipinski definition) is 0. The van der Waals surface area contributed by atoms with Gasteiger partial charge in [0.25, 0.3) is 5.91 Å². The summed E-state index contributed by atoms with van der Waals surface area (Å²) in [6.45, 7) is 5.51. The first-order chi connectivity index (χ1) is 12.2. The van der Waals surface area contributed by atoms with Gasteiger partial charge in [0, 0.05) is 6.92 Å². The fraction of sp³-hybridized carbons (Fsp3) is 0.444. The summed E-state index contributed by atoms with van der Waals surface area (Å²) in [6, 6.07) is 4.76. The number of halogens is 3. The predicted octanol–water partition coefficient (Wildman–Crippen LogP) is 3.91. The number of morpholine rings is 1. The van der Waals surface area contributed by atoms with Crippen LogP contribution in [-0.4, -0.2) is 35.0 Å². The summed E-state index contributed by atoms with van der Waals surface area (Å²) in [7, 11) is 0. The number of aryl methyl sites for hydroxylation is 2. The highest BCUT2D eigenvalue weighted by Gasteiger charge is 2.35. The minimum absolute atomic E-state index is 0.139. The van der Waals surface area contributed by atoms with Crippen molar-refractivity contribution in [3.8, 4) is 0 Å². The van der Waals surface area contributed by atoms with Crippen LogP contribution in [0.4, 0.5) is 13.2 Å². The highest BCUT2D eigenvalue weighted by atomic mass is 19.4. The van der Waals surface area contributed by atoms with Crippen molar-refractivity contribution >= 4 is 5.91 Å². The van der Waals surface area contributed by atoms with Gasteiger partial charge in [0.05, 0.1) is 30.5 Å². The van der Waals surface area contributed by atoms with Gasteiger partial charge in [-0.3, -0.25) is 4.79 Å². The molecule has 0 bridgehead atoms. The van der Waals surface area contributed by atoms with E-state index in [9.17, 15) is 18.0 Å². The molecule has 3 rings (SSSR count). The number of hydrogen-bond acceptors (Lipinski definition) is 4. The third-order valence-corrected chi connectivity index (χ3v) is 4.38. The fourth-order valence-electron chi connectivity index (χ4n) is 3.02. The normalized spacial score (nSPS) is 21.1. The first kappa shape index (κ1) is 18.4. The van der Waals surface area contributed by atoms with E-state index in [0.29, 0.717) is 17.1 Å². The second kappa shape index (κ2) is 6.75. The molecule has 26 heavy (non-hydrogen) atoms. The molecule has 1 aromatic heterocycles. The predicted molar refractivity (Wildman–Crippen MR) is 86.6 cm³/mol. The Balaban J connectivity index is 1.84. The number of oxazole rings is 1. The highest BCUT2D eigenvalue weighted by molar-refractivity contribution is 5.92. The molecule has 0 spiro atoms. The summed E-state index contributed by atoms with van der Waals surface area (Å²) in [6.07, 6.45) is -5.07. The number of alkyl halides is 3. The lowest BCUT2D eigenvalue weighted by molar-refractivity contribution is -0.137. The maximum absolute atomic E-state index is 12.9. The Bertz CT molecular complexity index is 816. The Morgan fingerprint density at radius 2 is 2.04 bits per heavy atom. The van der Waals surface area contributed by atoms with Gasteiger partial charge in [0.15, 0.2) is 5.89 Å². The topological polar surface area (TPSA) is 55.6 Å². The zero-order valence-corrected chi connectivity index (χ0v) is 14.6. The molecule has 0 aliphatic carbocycles. The molecule has 1 aromatic carbocycles. The first-order valence-electron chi connectivity index (χ1n) is 8.20. The lowest BCUT2D eigenvalue weighted by Gasteiger charge is -2.38. The van der Waals surface area contributed by atoms with Gasteiger partial charge in [-0.25, -0.2) is 4.98 Å². The van der Waals surface area contributed by atoms with Crippen LogP contribution in [0.25, 0.3) is 0 Å². The Morgan fingerprint density at radius 1 is 1.31 bits per heavy atom. The summed E-state index contributed by atoms with van der Waals surface area (Å²) >= 11 is 0. The van der Waals surface area contributed by atoms with E-state index in [4.69, 9.17) is 9.15 Å². The maximum Gasteiger partial charge on any atom is 0.416 e. The van der Waals surface area contributed by atoms with Crippen LogP contribution in [0.15, 0.2) is 28.7 Å². The molecule has 0 saturated carbocycles. The molecular formula is C18H19F3N2O3. The molecule has 1 saturated heterocycles. The minimum atomic E-state index is -4.43. The van der Waals surface area contributed by atoms with Gasteiger partial charge >= 0.3 is 6.18 Å². The standard InChI is InChI=1S/C18H19F3N2O3/c1-10-9-25-15(13-5-4-6-14(7-13)18(19,20)21)8-23(10)17(24)16-11(2)22-12(3)26-16/h4-7,10,15H,8-9H2,1-3H3. The number of carbonyl (C=O) groups excluding carboxylic acids is 1. The first-order valence-corrected chi connectivity index (χ1v) is 8.20. The van der Waals surface area contributed by atoms with Crippen LogP contribution < -0.4 is 0 Å². The van der Waals surface area contributed by atoms with E-state index in [1.54, 1.807) is 24.8 Å². The molecule has 1 aliphatic heterocycles. The van der Waals surface area contributed by atoms with Crippen LogP contribution in [0, 0.1) is 13.8 Å². The van der Waals surface area contributed by atoms with Gasteiger partial charge in [0.2, 0.25) is 5.76 Å². The molecule has 1 amide bonds. The van der Waals surface area contributed by atoms with Crippen molar-refractivity contribution < 1.29 is 27.1 Å². The summed E-state index contributed by atoms with van der Waals surface area (Å²) in [5.74, 6) is 0.205. The quantitative estimate of drug-likeness (QED) is 0.806. The molecule has 2 unspecified atom stereocenters. The van der Waals surface area contributed by atoms with Crippen LogP contribution in [-0.2, 0) is 10.9 Å². The zero-order chi connectivity index (χ0) is 19.1. The third kappa shape index (κ3) is 3.60. The van der Waals surface area contributed by atoms with E-state index in [1.807, 2.05) is 6.92 Å². The summed E-state index contributed by atoms with van der Waals surface area (Å²) in [5, 5.41) is 0. The second-order valence-corrected chi connectivity index (χ2v) is 6.40. The minimum Gasteiger partial charge on any atom is -0.436 e. The molecular weight excluding hydrogens is 349 g/mol. The van der Waals surface area contributed by atoms with Crippen molar-refractivity contribution in [1.82, 2.24) is 9.88 Å². The molecule has 2 atom stereocenters. The Labute approximate surface area is 148 Å². The van der Waals surface area contributed by atoms with E-state index in [-0.39, 0.29) is 30.9 Å². The Kier molecular flexibility index (Phi) is 4.79. The summed E-state index contributed by atoms with van der Waals surface area (Å²) in [4.78, 5) is 18.5. The summed E-state index contributed by atoms with van der Waals surface area (Å²) in [5.41, 5.74) is 0.133. The van der Waals surface area contributed by atoms with Crippen LogP contribution in [0.1, 0.15) is 46.3 Å².